The molecular weight excluding hydrogens is 427 g/mol. The first-order valence-corrected chi connectivity index (χ1v) is 9.83. The van der Waals surface area contributed by atoms with E-state index < -0.39 is 40.2 Å². The Kier molecular flexibility index (Phi) is 5.03. The predicted molar refractivity (Wildman–Crippen MR) is 109 cm³/mol. The van der Waals surface area contributed by atoms with Gasteiger partial charge >= 0.3 is 0 Å². The van der Waals surface area contributed by atoms with Gasteiger partial charge < -0.3 is 5.32 Å². The Morgan fingerprint density at radius 2 is 1.97 bits per heavy atom. The Balaban J connectivity index is 1.54. The van der Waals surface area contributed by atoms with Crippen LogP contribution in [-0.2, 0) is 4.79 Å². The maximum atomic E-state index is 13.4. The summed E-state index contributed by atoms with van der Waals surface area (Å²) in [6.07, 6.45) is 0. The molecule has 0 aliphatic carbocycles. The van der Waals surface area contributed by atoms with Gasteiger partial charge in [0.2, 0.25) is 5.91 Å². The van der Waals surface area contributed by atoms with E-state index in [4.69, 9.17) is 0 Å². The zero-order valence-corrected chi connectivity index (χ0v) is 16.7. The van der Waals surface area contributed by atoms with E-state index in [1.807, 2.05) is 0 Å². The van der Waals surface area contributed by atoms with Crippen molar-refractivity contribution < 1.29 is 23.7 Å². The number of fused-ring (bicyclic) bond motifs is 1. The van der Waals surface area contributed by atoms with E-state index in [2.05, 4.69) is 10.3 Å². The summed E-state index contributed by atoms with van der Waals surface area (Å²) < 4.78 is 13.4. The van der Waals surface area contributed by atoms with Crippen molar-refractivity contribution in [2.75, 3.05) is 5.32 Å². The molecule has 0 radical (unpaired) electrons. The van der Waals surface area contributed by atoms with Crippen LogP contribution in [0.15, 0.2) is 47.8 Å². The molecule has 0 saturated heterocycles. The molecule has 4 rings (SSSR count). The quantitative estimate of drug-likeness (QED) is 0.368. The van der Waals surface area contributed by atoms with Crippen molar-refractivity contribution in [1.29, 1.82) is 0 Å². The van der Waals surface area contributed by atoms with Crippen LogP contribution in [-0.4, -0.2) is 38.6 Å². The average molecular weight is 440 g/mol. The summed E-state index contributed by atoms with van der Waals surface area (Å²) in [5, 5.41) is 15.6. The molecule has 0 unspecified atom stereocenters. The molecule has 1 aromatic heterocycles. The van der Waals surface area contributed by atoms with Gasteiger partial charge in [-0.2, -0.15) is 0 Å². The highest BCUT2D eigenvalue weighted by molar-refractivity contribution is 7.14. The standard InChI is InChI=1S/C20H13FN4O5S/c1-10(24-18(27)13-6-3-7-15(25(29)30)16(13)19(24)28)17(26)23-20-22-14(9-31-20)11-4-2-5-12(21)8-11/h2-10H,1H3,(H,22,23,26)/t10-/m0/s1. The first-order chi connectivity index (χ1) is 14.8. The number of hydrogen-bond acceptors (Lipinski definition) is 7. The van der Waals surface area contributed by atoms with Gasteiger partial charge in [-0.1, -0.05) is 18.2 Å². The molecule has 1 aliphatic rings. The maximum Gasteiger partial charge on any atom is 0.282 e. The molecule has 156 valence electrons. The molecule has 1 N–H and O–H groups in total. The third-order valence-electron chi connectivity index (χ3n) is 4.74. The Labute approximate surface area is 178 Å². The van der Waals surface area contributed by atoms with E-state index in [0.29, 0.717) is 16.2 Å². The van der Waals surface area contributed by atoms with Crippen LogP contribution < -0.4 is 5.32 Å². The molecule has 11 heteroatoms. The van der Waals surface area contributed by atoms with Crippen molar-refractivity contribution in [2.24, 2.45) is 0 Å². The summed E-state index contributed by atoms with van der Waals surface area (Å²) in [4.78, 5) is 53.4. The van der Waals surface area contributed by atoms with Crippen LogP contribution in [0.25, 0.3) is 11.3 Å². The first kappa shape index (κ1) is 20.3. The van der Waals surface area contributed by atoms with Crippen LogP contribution in [0, 0.1) is 15.9 Å². The normalized spacial score (nSPS) is 13.8. The summed E-state index contributed by atoms with van der Waals surface area (Å²) >= 11 is 1.09. The Morgan fingerprint density at radius 1 is 1.23 bits per heavy atom. The fraction of sp³-hybridized carbons (Fsp3) is 0.100. The van der Waals surface area contributed by atoms with Gasteiger partial charge in [0.25, 0.3) is 17.5 Å². The van der Waals surface area contributed by atoms with Crippen LogP contribution in [0.2, 0.25) is 0 Å². The number of nitro groups is 1. The average Bonchev–Trinajstić information content (AvgIpc) is 3.30. The number of benzene rings is 2. The van der Waals surface area contributed by atoms with Gasteiger partial charge in [-0.05, 0) is 25.1 Å². The number of carbonyl (C=O) groups is 3. The molecule has 9 nitrogen and oxygen atoms in total. The van der Waals surface area contributed by atoms with Gasteiger partial charge in [-0.15, -0.1) is 11.3 Å². The van der Waals surface area contributed by atoms with Gasteiger partial charge in [0.15, 0.2) is 5.13 Å². The fourth-order valence-corrected chi connectivity index (χ4v) is 3.95. The van der Waals surface area contributed by atoms with Gasteiger partial charge in [0, 0.05) is 17.0 Å². The van der Waals surface area contributed by atoms with Crippen molar-refractivity contribution in [1.82, 2.24) is 9.88 Å². The predicted octanol–water partition coefficient (Wildman–Crippen LogP) is 3.48. The molecule has 0 spiro atoms. The second-order valence-corrected chi connectivity index (χ2v) is 7.51. The molecule has 2 aromatic carbocycles. The van der Waals surface area contributed by atoms with Crippen LogP contribution >= 0.6 is 11.3 Å². The lowest BCUT2D eigenvalue weighted by Crippen LogP contribution is -2.45. The van der Waals surface area contributed by atoms with Crippen LogP contribution in [0.5, 0.6) is 0 Å². The van der Waals surface area contributed by atoms with E-state index in [1.54, 1.807) is 11.4 Å². The third kappa shape index (κ3) is 3.55. The van der Waals surface area contributed by atoms with Gasteiger partial charge in [-0.3, -0.25) is 29.4 Å². The Bertz CT molecular complexity index is 1260. The van der Waals surface area contributed by atoms with Gasteiger partial charge in [0.05, 0.1) is 16.2 Å². The minimum atomic E-state index is -1.24. The summed E-state index contributed by atoms with van der Waals surface area (Å²) in [5.41, 5.74) is 0.0214. The molecule has 1 atom stereocenters. The van der Waals surface area contributed by atoms with E-state index in [1.165, 1.54) is 37.3 Å². The molecular formula is C20H13FN4O5S. The van der Waals surface area contributed by atoms with Crippen molar-refractivity contribution in [3.05, 3.63) is 74.9 Å². The van der Waals surface area contributed by atoms with Gasteiger partial charge in [0.1, 0.15) is 17.4 Å². The number of aromatic nitrogens is 1. The van der Waals surface area contributed by atoms with E-state index in [9.17, 15) is 28.9 Å². The highest BCUT2D eigenvalue weighted by Gasteiger charge is 2.44. The molecule has 31 heavy (non-hydrogen) atoms. The van der Waals surface area contributed by atoms with Crippen molar-refractivity contribution in [3.8, 4) is 11.3 Å². The Morgan fingerprint density at radius 3 is 2.68 bits per heavy atom. The molecule has 3 aromatic rings. The minimum Gasteiger partial charge on any atom is -0.300 e. The lowest BCUT2D eigenvalue weighted by molar-refractivity contribution is -0.385. The number of imide groups is 1. The number of amides is 3. The lowest BCUT2D eigenvalue weighted by atomic mass is 10.1. The van der Waals surface area contributed by atoms with Gasteiger partial charge in [-0.25, -0.2) is 9.37 Å². The summed E-state index contributed by atoms with van der Waals surface area (Å²) in [5.74, 6) is -2.82. The second kappa shape index (κ2) is 7.69. The molecule has 0 bridgehead atoms. The minimum absolute atomic E-state index is 0.124. The molecule has 0 fully saturated rings. The largest absolute Gasteiger partial charge is 0.300 e. The summed E-state index contributed by atoms with van der Waals surface area (Å²) in [6.45, 7) is 1.34. The molecule has 3 amide bonds. The van der Waals surface area contributed by atoms with Crippen LogP contribution in [0.3, 0.4) is 0 Å². The topological polar surface area (TPSA) is 123 Å². The smallest absolute Gasteiger partial charge is 0.282 e. The fourth-order valence-electron chi connectivity index (χ4n) is 3.23. The lowest BCUT2D eigenvalue weighted by Gasteiger charge is -2.20. The maximum absolute atomic E-state index is 13.4. The molecule has 0 saturated carbocycles. The number of carbonyl (C=O) groups excluding carboxylic acids is 3. The van der Waals surface area contributed by atoms with E-state index in [-0.39, 0.29) is 16.3 Å². The third-order valence-corrected chi connectivity index (χ3v) is 5.50. The van der Waals surface area contributed by atoms with Crippen molar-refractivity contribution in [3.63, 3.8) is 0 Å². The molecule has 1 aliphatic heterocycles. The number of halogens is 1. The Hall–Kier alpha value is -3.99. The monoisotopic (exact) mass is 440 g/mol. The zero-order chi connectivity index (χ0) is 22.3. The van der Waals surface area contributed by atoms with Crippen LogP contribution in [0.4, 0.5) is 15.2 Å². The number of hydrogen-bond donors (Lipinski definition) is 1. The molecule has 2 heterocycles. The van der Waals surface area contributed by atoms with E-state index in [0.717, 1.165) is 17.4 Å². The number of anilines is 1. The number of nitro benzene ring substituents is 1. The number of thiazole rings is 1. The van der Waals surface area contributed by atoms with E-state index >= 15 is 0 Å². The highest BCUT2D eigenvalue weighted by Crippen LogP contribution is 2.32. The van der Waals surface area contributed by atoms with Crippen molar-refractivity contribution >= 4 is 39.9 Å². The summed E-state index contributed by atoms with van der Waals surface area (Å²) in [6, 6.07) is 8.29. The zero-order valence-electron chi connectivity index (χ0n) is 15.9. The number of rotatable bonds is 5. The summed E-state index contributed by atoms with van der Waals surface area (Å²) in [7, 11) is 0. The highest BCUT2D eigenvalue weighted by atomic mass is 32.1. The SMILES string of the molecule is C[C@@H](C(=O)Nc1nc(-c2cccc(F)c2)cs1)N1C(=O)c2cccc([N+](=O)[O-])c2C1=O. The second-order valence-electron chi connectivity index (χ2n) is 6.65. The number of nitrogens with zero attached hydrogens (tertiary/aromatic N) is 3. The van der Waals surface area contributed by atoms with Crippen molar-refractivity contribution in [2.45, 2.75) is 13.0 Å². The number of nitrogens with one attached hydrogen (secondary N) is 1. The van der Waals surface area contributed by atoms with Crippen LogP contribution in [0.1, 0.15) is 27.6 Å². The first-order valence-electron chi connectivity index (χ1n) is 8.95.